The van der Waals surface area contributed by atoms with Gasteiger partial charge in [0.05, 0.1) is 15.6 Å². The standard InChI is InChI=1S/C19H23ClN2O3S/c1-19(2,3)14-7-9-15(10-8-14)26(24,25)21-17-12-13(6-11-16(17)20)18(23)22(4)5/h6-12,21H,1-5H3. The van der Waals surface area contributed by atoms with Crippen molar-refractivity contribution >= 4 is 33.2 Å². The molecule has 0 fully saturated rings. The first kappa shape index (κ1) is 20.3. The maximum atomic E-state index is 12.7. The molecule has 2 aromatic rings. The zero-order valence-corrected chi connectivity index (χ0v) is 17.1. The van der Waals surface area contributed by atoms with Crippen LogP contribution in [0.3, 0.4) is 0 Å². The summed E-state index contributed by atoms with van der Waals surface area (Å²) in [5.41, 5.74) is 1.48. The summed E-state index contributed by atoms with van der Waals surface area (Å²) in [6.07, 6.45) is 0. The molecule has 0 bridgehead atoms. The molecule has 0 saturated heterocycles. The second-order valence-corrected chi connectivity index (χ2v) is 9.36. The first-order valence-corrected chi connectivity index (χ1v) is 9.92. The number of sulfonamides is 1. The predicted molar refractivity (Wildman–Crippen MR) is 105 cm³/mol. The van der Waals surface area contributed by atoms with E-state index in [9.17, 15) is 13.2 Å². The highest BCUT2D eigenvalue weighted by Gasteiger charge is 2.19. The van der Waals surface area contributed by atoms with Crippen molar-refractivity contribution in [3.05, 3.63) is 58.6 Å². The fraction of sp³-hybridized carbons (Fsp3) is 0.316. The minimum atomic E-state index is -3.82. The van der Waals surface area contributed by atoms with Gasteiger partial charge in [-0.3, -0.25) is 9.52 Å². The van der Waals surface area contributed by atoms with Crippen molar-refractivity contribution in [3.8, 4) is 0 Å². The minimum absolute atomic E-state index is 0.0695. The molecule has 1 N–H and O–H groups in total. The van der Waals surface area contributed by atoms with Crippen LogP contribution in [0.4, 0.5) is 5.69 Å². The largest absolute Gasteiger partial charge is 0.345 e. The quantitative estimate of drug-likeness (QED) is 0.847. The van der Waals surface area contributed by atoms with Crippen LogP contribution in [0.5, 0.6) is 0 Å². The average molecular weight is 395 g/mol. The first-order chi connectivity index (χ1) is 11.9. The number of nitrogens with zero attached hydrogens (tertiary/aromatic N) is 1. The molecule has 140 valence electrons. The first-order valence-electron chi connectivity index (χ1n) is 8.06. The number of rotatable bonds is 4. The van der Waals surface area contributed by atoms with Crippen LogP contribution in [-0.2, 0) is 15.4 Å². The van der Waals surface area contributed by atoms with Gasteiger partial charge in [0.2, 0.25) is 0 Å². The molecule has 26 heavy (non-hydrogen) atoms. The van der Waals surface area contributed by atoms with Gasteiger partial charge in [-0.1, -0.05) is 44.5 Å². The Hall–Kier alpha value is -2.05. The van der Waals surface area contributed by atoms with Crippen molar-refractivity contribution < 1.29 is 13.2 Å². The Morgan fingerprint density at radius 3 is 2.12 bits per heavy atom. The van der Waals surface area contributed by atoms with E-state index in [0.29, 0.717) is 5.56 Å². The molecule has 0 aliphatic heterocycles. The van der Waals surface area contributed by atoms with Gasteiger partial charge in [-0.05, 0) is 41.3 Å². The van der Waals surface area contributed by atoms with E-state index < -0.39 is 10.0 Å². The lowest BCUT2D eigenvalue weighted by atomic mass is 9.87. The Kier molecular flexibility index (Phi) is 5.68. The van der Waals surface area contributed by atoms with Crippen molar-refractivity contribution in [2.45, 2.75) is 31.1 Å². The molecular weight excluding hydrogens is 372 g/mol. The Labute approximate surface area is 160 Å². The molecule has 0 spiro atoms. The highest BCUT2D eigenvalue weighted by atomic mass is 35.5. The van der Waals surface area contributed by atoms with Crippen LogP contribution in [0, 0.1) is 0 Å². The summed E-state index contributed by atoms with van der Waals surface area (Å²) >= 11 is 6.11. The molecule has 2 rings (SSSR count). The molecule has 0 saturated carbocycles. The third-order valence-electron chi connectivity index (χ3n) is 3.89. The molecule has 0 atom stereocenters. The van der Waals surface area contributed by atoms with Gasteiger partial charge in [-0.2, -0.15) is 0 Å². The molecule has 1 amide bonds. The summed E-state index contributed by atoms with van der Waals surface area (Å²) in [6.45, 7) is 6.17. The van der Waals surface area contributed by atoms with Crippen molar-refractivity contribution in [1.82, 2.24) is 4.90 Å². The van der Waals surface area contributed by atoms with Crippen molar-refractivity contribution in [2.75, 3.05) is 18.8 Å². The molecule has 0 aliphatic rings. The van der Waals surface area contributed by atoms with E-state index in [1.165, 1.54) is 17.0 Å². The minimum Gasteiger partial charge on any atom is -0.345 e. The van der Waals surface area contributed by atoms with Crippen molar-refractivity contribution in [1.29, 1.82) is 0 Å². The van der Waals surface area contributed by atoms with E-state index in [1.54, 1.807) is 44.4 Å². The highest BCUT2D eigenvalue weighted by molar-refractivity contribution is 7.92. The second kappa shape index (κ2) is 7.29. The van der Waals surface area contributed by atoms with E-state index >= 15 is 0 Å². The molecule has 5 nitrogen and oxygen atoms in total. The number of anilines is 1. The zero-order chi connectivity index (χ0) is 19.7. The smallest absolute Gasteiger partial charge is 0.261 e. The number of amides is 1. The molecule has 0 unspecified atom stereocenters. The van der Waals surface area contributed by atoms with Crippen LogP contribution in [0.2, 0.25) is 5.02 Å². The number of benzene rings is 2. The van der Waals surface area contributed by atoms with Crippen LogP contribution in [-0.4, -0.2) is 33.3 Å². The Morgan fingerprint density at radius 2 is 1.62 bits per heavy atom. The van der Waals surface area contributed by atoms with E-state index in [4.69, 9.17) is 11.6 Å². The molecule has 0 heterocycles. The van der Waals surface area contributed by atoms with Gasteiger partial charge < -0.3 is 4.90 Å². The lowest BCUT2D eigenvalue weighted by Gasteiger charge is -2.19. The fourth-order valence-electron chi connectivity index (χ4n) is 2.33. The van der Waals surface area contributed by atoms with Crippen molar-refractivity contribution in [3.63, 3.8) is 0 Å². The number of hydrogen-bond donors (Lipinski definition) is 1. The maximum Gasteiger partial charge on any atom is 0.261 e. The summed E-state index contributed by atoms with van der Waals surface area (Å²) in [4.78, 5) is 13.6. The monoisotopic (exact) mass is 394 g/mol. The zero-order valence-electron chi connectivity index (χ0n) is 15.5. The van der Waals surface area contributed by atoms with E-state index in [2.05, 4.69) is 25.5 Å². The van der Waals surface area contributed by atoms with Gasteiger partial charge in [0.15, 0.2) is 0 Å². The van der Waals surface area contributed by atoms with Crippen LogP contribution in [0.1, 0.15) is 36.7 Å². The van der Waals surface area contributed by atoms with E-state index in [0.717, 1.165) is 5.56 Å². The molecule has 0 aromatic heterocycles. The third kappa shape index (κ3) is 4.56. The fourth-order valence-corrected chi connectivity index (χ4v) is 3.62. The second-order valence-electron chi connectivity index (χ2n) is 7.27. The van der Waals surface area contributed by atoms with Crippen molar-refractivity contribution in [2.24, 2.45) is 0 Å². The number of nitrogens with one attached hydrogen (secondary N) is 1. The summed E-state index contributed by atoms with van der Waals surface area (Å²) in [5, 5.41) is 0.218. The van der Waals surface area contributed by atoms with Crippen LogP contribution < -0.4 is 4.72 Å². The van der Waals surface area contributed by atoms with Gasteiger partial charge in [-0.15, -0.1) is 0 Å². The maximum absolute atomic E-state index is 12.7. The summed E-state index contributed by atoms with van der Waals surface area (Å²) in [6, 6.07) is 11.2. The van der Waals surface area contributed by atoms with Gasteiger partial charge in [0.1, 0.15) is 0 Å². The number of carbonyl (C=O) groups is 1. The summed E-state index contributed by atoms with van der Waals surface area (Å²) in [5.74, 6) is -0.239. The molecule has 7 heteroatoms. The Balaban J connectivity index is 2.35. The number of halogens is 1. The lowest BCUT2D eigenvalue weighted by Crippen LogP contribution is -2.22. The number of carbonyl (C=O) groups excluding carboxylic acids is 1. The Bertz CT molecular complexity index is 915. The molecule has 2 aromatic carbocycles. The highest BCUT2D eigenvalue weighted by Crippen LogP contribution is 2.28. The lowest BCUT2D eigenvalue weighted by molar-refractivity contribution is 0.0827. The molecule has 0 radical (unpaired) electrons. The summed E-state index contributed by atoms with van der Waals surface area (Å²) in [7, 11) is -0.575. The normalized spacial score (nSPS) is 11.9. The van der Waals surface area contributed by atoms with E-state index in [1.807, 2.05) is 0 Å². The van der Waals surface area contributed by atoms with Crippen LogP contribution >= 0.6 is 11.6 Å². The summed E-state index contributed by atoms with van der Waals surface area (Å²) < 4.78 is 27.8. The average Bonchev–Trinajstić information content (AvgIpc) is 2.55. The molecule has 0 aliphatic carbocycles. The van der Waals surface area contributed by atoms with Crippen LogP contribution in [0.25, 0.3) is 0 Å². The van der Waals surface area contributed by atoms with Crippen LogP contribution in [0.15, 0.2) is 47.4 Å². The molecular formula is C19H23ClN2O3S. The van der Waals surface area contributed by atoms with Gasteiger partial charge in [0, 0.05) is 19.7 Å². The van der Waals surface area contributed by atoms with Gasteiger partial charge >= 0.3 is 0 Å². The Morgan fingerprint density at radius 1 is 1.04 bits per heavy atom. The van der Waals surface area contributed by atoms with E-state index in [-0.39, 0.29) is 26.9 Å². The predicted octanol–water partition coefficient (Wildman–Crippen LogP) is 4.14. The topological polar surface area (TPSA) is 66.5 Å². The van der Waals surface area contributed by atoms with Gasteiger partial charge in [-0.25, -0.2) is 8.42 Å². The van der Waals surface area contributed by atoms with Gasteiger partial charge in [0.25, 0.3) is 15.9 Å². The number of hydrogen-bond acceptors (Lipinski definition) is 3. The third-order valence-corrected chi connectivity index (χ3v) is 5.61. The SMILES string of the molecule is CN(C)C(=O)c1ccc(Cl)c(NS(=O)(=O)c2ccc(C(C)(C)C)cc2)c1.